The molecule has 2 aromatic rings. The Morgan fingerprint density at radius 1 is 1.14 bits per heavy atom. The van der Waals surface area contributed by atoms with Crippen molar-refractivity contribution >= 4 is 11.7 Å². The van der Waals surface area contributed by atoms with Crippen LogP contribution in [-0.2, 0) is 6.54 Å². The lowest BCUT2D eigenvalue weighted by Gasteiger charge is -2.08. The Morgan fingerprint density at radius 3 is 2.86 bits per heavy atom. The lowest BCUT2D eigenvalue weighted by molar-refractivity contribution is 0.174. The molecule has 0 saturated heterocycles. The van der Waals surface area contributed by atoms with Crippen LogP contribution in [0.3, 0.4) is 0 Å². The molecule has 21 heavy (non-hydrogen) atoms. The van der Waals surface area contributed by atoms with E-state index in [2.05, 4.69) is 10.6 Å². The molecule has 0 saturated carbocycles. The highest BCUT2D eigenvalue weighted by Crippen LogP contribution is 2.32. The predicted molar refractivity (Wildman–Crippen MR) is 74.8 cm³/mol. The molecule has 2 amide bonds. The summed E-state index contributed by atoms with van der Waals surface area (Å²) in [5.41, 5.74) is 1.28. The van der Waals surface area contributed by atoms with Gasteiger partial charge in [-0.05, 0) is 35.9 Å². The smallest absolute Gasteiger partial charge is 0.319 e. The molecule has 3 rings (SSSR count). The maximum absolute atomic E-state index is 13.0. The first-order chi connectivity index (χ1) is 10.2. The van der Waals surface area contributed by atoms with Crippen LogP contribution in [0.4, 0.5) is 14.9 Å². The van der Waals surface area contributed by atoms with Crippen molar-refractivity contribution in [1.82, 2.24) is 5.32 Å². The summed E-state index contributed by atoms with van der Waals surface area (Å²) in [6.07, 6.45) is 0. The normalized spacial score (nSPS) is 12.0. The van der Waals surface area contributed by atoms with Gasteiger partial charge in [0.15, 0.2) is 11.5 Å². The number of amides is 2. The molecule has 6 heteroatoms. The summed E-state index contributed by atoms with van der Waals surface area (Å²) < 4.78 is 23.5. The number of carbonyl (C=O) groups excluding carboxylic acids is 1. The molecular weight excluding hydrogens is 275 g/mol. The maximum Gasteiger partial charge on any atom is 0.319 e. The number of benzene rings is 2. The van der Waals surface area contributed by atoms with E-state index in [1.165, 1.54) is 18.2 Å². The van der Waals surface area contributed by atoms with E-state index in [0.717, 1.165) is 5.56 Å². The first-order valence-corrected chi connectivity index (χ1v) is 6.40. The number of urea groups is 1. The van der Waals surface area contributed by atoms with Crippen molar-refractivity contribution in [3.8, 4) is 11.5 Å². The van der Waals surface area contributed by atoms with Gasteiger partial charge in [0.2, 0.25) is 6.79 Å². The van der Waals surface area contributed by atoms with Crippen molar-refractivity contribution in [2.75, 3.05) is 12.1 Å². The third kappa shape index (κ3) is 3.22. The number of halogens is 1. The maximum atomic E-state index is 13.0. The SMILES string of the molecule is O=C(NCc1ccc2c(c1)OCO2)Nc1cccc(F)c1. The number of rotatable bonds is 3. The lowest BCUT2D eigenvalue weighted by atomic mass is 10.2. The van der Waals surface area contributed by atoms with Crippen LogP contribution in [0.15, 0.2) is 42.5 Å². The van der Waals surface area contributed by atoms with Crippen LogP contribution >= 0.6 is 0 Å². The Kier molecular flexibility index (Phi) is 3.59. The van der Waals surface area contributed by atoms with E-state index in [1.807, 2.05) is 12.1 Å². The zero-order valence-corrected chi connectivity index (χ0v) is 11.1. The summed E-state index contributed by atoms with van der Waals surface area (Å²) in [4.78, 5) is 11.7. The van der Waals surface area contributed by atoms with Gasteiger partial charge in [0.1, 0.15) is 5.82 Å². The summed E-state index contributed by atoms with van der Waals surface area (Å²) in [5.74, 6) is 0.964. The van der Waals surface area contributed by atoms with Crippen molar-refractivity contribution in [3.05, 3.63) is 53.8 Å². The summed E-state index contributed by atoms with van der Waals surface area (Å²) in [6.45, 7) is 0.546. The van der Waals surface area contributed by atoms with Gasteiger partial charge in [0.05, 0.1) is 0 Å². The minimum absolute atomic E-state index is 0.215. The average Bonchev–Trinajstić information content (AvgIpc) is 2.92. The molecule has 1 heterocycles. The molecule has 0 bridgehead atoms. The summed E-state index contributed by atoms with van der Waals surface area (Å²) in [7, 11) is 0. The first kappa shape index (κ1) is 13.2. The van der Waals surface area contributed by atoms with E-state index in [0.29, 0.717) is 23.7 Å². The van der Waals surface area contributed by atoms with Crippen molar-refractivity contribution in [3.63, 3.8) is 0 Å². The van der Waals surface area contributed by atoms with Crippen LogP contribution in [0.25, 0.3) is 0 Å². The number of ether oxygens (including phenoxy) is 2. The topological polar surface area (TPSA) is 59.6 Å². The lowest BCUT2D eigenvalue weighted by Crippen LogP contribution is -2.28. The van der Waals surface area contributed by atoms with Gasteiger partial charge in [-0.2, -0.15) is 0 Å². The second-order valence-corrected chi connectivity index (χ2v) is 4.51. The largest absolute Gasteiger partial charge is 0.454 e. The fraction of sp³-hybridized carbons (Fsp3) is 0.133. The quantitative estimate of drug-likeness (QED) is 0.913. The molecule has 0 aromatic heterocycles. The third-order valence-corrected chi connectivity index (χ3v) is 2.97. The zero-order valence-electron chi connectivity index (χ0n) is 11.1. The van der Waals surface area contributed by atoms with Crippen LogP contribution in [0, 0.1) is 5.82 Å². The summed E-state index contributed by atoms with van der Waals surface area (Å²) >= 11 is 0. The summed E-state index contributed by atoms with van der Waals surface area (Å²) in [5, 5.41) is 5.25. The van der Waals surface area contributed by atoms with E-state index in [-0.39, 0.29) is 6.79 Å². The Balaban J connectivity index is 1.56. The van der Waals surface area contributed by atoms with Gasteiger partial charge in [-0.15, -0.1) is 0 Å². The molecule has 0 spiro atoms. The monoisotopic (exact) mass is 288 g/mol. The number of nitrogens with one attached hydrogen (secondary N) is 2. The van der Waals surface area contributed by atoms with Gasteiger partial charge in [0.25, 0.3) is 0 Å². The molecule has 0 radical (unpaired) electrons. The van der Waals surface area contributed by atoms with Gasteiger partial charge in [0, 0.05) is 12.2 Å². The van der Waals surface area contributed by atoms with Crippen molar-refractivity contribution < 1.29 is 18.7 Å². The third-order valence-electron chi connectivity index (χ3n) is 2.97. The zero-order chi connectivity index (χ0) is 14.7. The van der Waals surface area contributed by atoms with E-state index in [9.17, 15) is 9.18 Å². The number of hydrogen-bond donors (Lipinski definition) is 2. The van der Waals surface area contributed by atoms with Gasteiger partial charge in [-0.25, -0.2) is 9.18 Å². The Morgan fingerprint density at radius 2 is 2.00 bits per heavy atom. The van der Waals surface area contributed by atoms with Gasteiger partial charge in [-0.1, -0.05) is 12.1 Å². The summed E-state index contributed by atoms with van der Waals surface area (Å²) in [6, 6.07) is 10.8. The fourth-order valence-corrected chi connectivity index (χ4v) is 1.97. The molecule has 5 nitrogen and oxygen atoms in total. The Labute approximate surface area is 120 Å². The van der Waals surface area contributed by atoms with E-state index < -0.39 is 11.8 Å². The van der Waals surface area contributed by atoms with Crippen molar-refractivity contribution in [2.45, 2.75) is 6.54 Å². The van der Waals surface area contributed by atoms with Crippen LogP contribution in [0.5, 0.6) is 11.5 Å². The fourth-order valence-electron chi connectivity index (χ4n) is 1.97. The first-order valence-electron chi connectivity index (χ1n) is 6.40. The highest BCUT2D eigenvalue weighted by Gasteiger charge is 2.13. The Hall–Kier alpha value is -2.76. The average molecular weight is 288 g/mol. The minimum atomic E-state index is -0.404. The second kappa shape index (κ2) is 5.70. The molecule has 0 aliphatic carbocycles. The van der Waals surface area contributed by atoms with Gasteiger partial charge < -0.3 is 20.1 Å². The van der Waals surface area contributed by atoms with E-state index in [4.69, 9.17) is 9.47 Å². The molecule has 2 N–H and O–H groups in total. The Bertz CT molecular complexity index is 676. The van der Waals surface area contributed by atoms with E-state index >= 15 is 0 Å². The second-order valence-electron chi connectivity index (χ2n) is 4.51. The molecule has 2 aromatic carbocycles. The van der Waals surface area contributed by atoms with Crippen LogP contribution < -0.4 is 20.1 Å². The highest BCUT2D eigenvalue weighted by molar-refractivity contribution is 5.89. The number of fused-ring (bicyclic) bond motifs is 1. The predicted octanol–water partition coefficient (Wildman–Crippen LogP) is 2.88. The highest BCUT2D eigenvalue weighted by atomic mass is 19.1. The van der Waals surface area contributed by atoms with Crippen molar-refractivity contribution in [1.29, 1.82) is 0 Å². The molecular formula is C15H13FN2O3. The van der Waals surface area contributed by atoms with Gasteiger partial charge >= 0.3 is 6.03 Å². The van der Waals surface area contributed by atoms with Crippen molar-refractivity contribution in [2.24, 2.45) is 0 Å². The molecule has 1 aliphatic heterocycles. The number of anilines is 1. The number of hydrogen-bond acceptors (Lipinski definition) is 3. The molecule has 0 fully saturated rings. The molecule has 0 unspecified atom stereocenters. The molecule has 108 valence electrons. The van der Waals surface area contributed by atoms with Crippen LogP contribution in [-0.4, -0.2) is 12.8 Å². The molecule has 0 atom stereocenters. The van der Waals surface area contributed by atoms with E-state index in [1.54, 1.807) is 12.1 Å². The standard InChI is InChI=1S/C15H13FN2O3/c16-11-2-1-3-12(7-11)18-15(19)17-8-10-4-5-13-14(6-10)21-9-20-13/h1-7H,8-9H2,(H2,17,18,19). The van der Waals surface area contributed by atoms with Crippen LogP contribution in [0.2, 0.25) is 0 Å². The molecule has 1 aliphatic rings. The minimum Gasteiger partial charge on any atom is -0.454 e. The van der Waals surface area contributed by atoms with Gasteiger partial charge in [-0.3, -0.25) is 0 Å². The number of carbonyl (C=O) groups is 1. The van der Waals surface area contributed by atoms with Crippen LogP contribution in [0.1, 0.15) is 5.56 Å².